The minimum absolute atomic E-state index is 0.0579. The number of piperidine rings is 1. The summed E-state index contributed by atoms with van der Waals surface area (Å²) in [6.07, 6.45) is 3.66. The summed E-state index contributed by atoms with van der Waals surface area (Å²) < 4.78 is 0. The molecule has 1 fully saturated rings. The van der Waals surface area contributed by atoms with E-state index in [0.29, 0.717) is 13.1 Å². The predicted octanol–water partition coefficient (Wildman–Crippen LogP) is 3.58. The van der Waals surface area contributed by atoms with Gasteiger partial charge in [0.25, 0.3) is 0 Å². The number of amides is 3. The van der Waals surface area contributed by atoms with Crippen molar-refractivity contribution in [1.29, 1.82) is 0 Å². The molecule has 2 rings (SSSR count). The van der Waals surface area contributed by atoms with Crippen molar-refractivity contribution in [3.63, 3.8) is 0 Å². The Balaban J connectivity index is 1.82. The Labute approximate surface area is 145 Å². The Hall–Kier alpha value is -2.04. The quantitative estimate of drug-likeness (QED) is 0.866. The molecule has 0 aromatic heterocycles. The molecule has 5 heteroatoms. The number of unbranched alkanes of at least 4 members (excludes halogenated alkanes) is 1. The summed E-state index contributed by atoms with van der Waals surface area (Å²) >= 11 is 0. The third-order valence-corrected chi connectivity index (χ3v) is 4.63. The van der Waals surface area contributed by atoms with Gasteiger partial charge in [-0.2, -0.15) is 0 Å². The molecule has 1 aliphatic heterocycles. The summed E-state index contributed by atoms with van der Waals surface area (Å²) in [7, 11) is 0. The summed E-state index contributed by atoms with van der Waals surface area (Å²) in [4.78, 5) is 28.7. The van der Waals surface area contributed by atoms with Crippen LogP contribution in [0.15, 0.2) is 30.3 Å². The summed E-state index contributed by atoms with van der Waals surface area (Å²) in [5.41, 5.74) is 0.803. The molecule has 0 aliphatic carbocycles. The largest absolute Gasteiger partial charge is 0.343 e. The van der Waals surface area contributed by atoms with Crippen LogP contribution in [-0.2, 0) is 4.79 Å². The minimum Gasteiger partial charge on any atom is -0.343 e. The first-order chi connectivity index (χ1) is 11.7. The SMILES string of the molecule is CCCCN(CC)C(=O)C1CCN(C(=O)Nc2ccccc2)CC1. The molecule has 1 aliphatic rings. The molecule has 0 saturated carbocycles. The van der Waals surface area contributed by atoms with Crippen molar-refractivity contribution in [2.75, 3.05) is 31.5 Å². The number of hydrogen-bond acceptors (Lipinski definition) is 2. The maximum atomic E-state index is 12.6. The lowest BCUT2D eigenvalue weighted by atomic mass is 9.95. The Kier molecular flexibility index (Phi) is 7.09. The van der Waals surface area contributed by atoms with Crippen molar-refractivity contribution >= 4 is 17.6 Å². The van der Waals surface area contributed by atoms with E-state index >= 15 is 0 Å². The highest BCUT2D eigenvalue weighted by atomic mass is 16.2. The van der Waals surface area contributed by atoms with E-state index < -0.39 is 0 Å². The van der Waals surface area contributed by atoms with Crippen LogP contribution < -0.4 is 5.32 Å². The van der Waals surface area contributed by atoms with Gasteiger partial charge < -0.3 is 15.1 Å². The van der Waals surface area contributed by atoms with Crippen LogP contribution in [0.3, 0.4) is 0 Å². The number of nitrogens with one attached hydrogen (secondary N) is 1. The number of benzene rings is 1. The summed E-state index contributed by atoms with van der Waals surface area (Å²) in [5.74, 6) is 0.316. The zero-order valence-corrected chi connectivity index (χ0v) is 14.8. The molecule has 3 amide bonds. The van der Waals surface area contributed by atoms with Gasteiger partial charge in [-0.25, -0.2) is 4.79 Å². The molecule has 0 atom stereocenters. The van der Waals surface area contributed by atoms with Crippen LogP contribution in [0.4, 0.5) is 10.5 Å². The number of nitrogens with zero attached hydrogens (tertiary/aromatic N) is 2. The molecule has 24 heavy (non-hydrogen) atoms. The fourth-order valence-corrected chi connectivity index (χ4v) is 3.08. The van der Waals surface area contributed by atoms with Crippen LogP contribution in [0.1, 0.15) is 39.5 Å². The second-order valence-electron chi connectivity index (χ2n) is 6.33. The summed E-state index contributed by atoms with van der Waals surface area (Å²) in [6, 6.07) is 9.39. The third-order valence-electron chi connectivity index (χ3n) is 4.63. The van der Waals surface area contributed by atoms with Gasteiger partial charge in [0.2, 0.25) is 5.91 Å². The molecule has 1 aromatic rings. The maximum absolute atomic E-state index is 12.6. The van der Waals surface area contributed by atoms with E-state index in [4.69, 9.17) is 0 Å². The zero-order valence-electron chi connectivity index (χ0n) is 14.8. The highest BCUT2D eigenvalue weighted by Gasteiger charge is 2.29. The first-order valence-electron chi connectivity index (χ1n) is 9.05. The predicted molar refractivity (Wildman–Crippen MR) is 96.9 cm³/mol. The van der Waals surface area contributed by atoms with Crippen molar-refractivity contribution in [3.8, 4) is 0 Å². The first kappa shape index (κ1) is 18.3. The number of urea groups is 1. The van der Waals surface area contributed by atoms with Crippen molar-refractivity contribution in [2.45, 2.75) is 39.5 Å². The highest BCUT2D eigenvalue weighted by molar-refractivity contribution is 5.89. The second-order valence-corrected chi connectivity index (χ2v) is 6.33. The van der Waals surface area contributed by atoms with Gasteiger partial charge in [0, 0.05) is 37.8 Å². The topological polar surface area (TPSA) is 52.7 Å². The van der Waals surface area contributed by atoms with Crippen molar-refractivity contribution in [2.24, 2.45) is 5.92 Å². The van der Waals surface area contributed by atoms with Crippen LogP contribution in [0.5, 0.6) is 0 Å². The number of anilines is 1. The Morgan fingerprint density at radius 3 is 2.42 bits per heavy atom. The lowest BCUT2D eigenvalue weighted by Crippen LogP contribution is -2.45. The van der Waals surface area contributed by atoms with E-state index in [1.54, 1.807) is 4.90 Å². The van der Waals surface area contributed by atoms with E-state index in [2.05, 4.69) is 12.2 Å². The van der Waals surface area contributed by atoms with Crippen LogP contribution in [0, 0.1) is 5.92 Å². The number of likely N-dealkylation sites (tertiary alicyclic amines) is 1. The lowest BCUT2D eigenvalue weighted by molar-refractivity contribution is -0.136. The molecule has 132 valence electrons. The molecule has 1 N–H and O–H groups in total. The zero-order chi connectivity index (χ0) is 17.4. The normalized spacial score (nSPS) is 15.2. The van der Waals surface area contributed by atoms with E-state index in [-0.39, 0.29) is 17.9 Å². The van der Waals surface area contributed by atoms with Gasteiger partial charge in [-0.3, -0.25) is 4.79 Å². The number of para-hydroxylation sites is 1. The number of carbonyl (C=O) groups excluding carboxylic acids is 2. The van der Waals surface area contributed by atoms with Gasteiger partial charge in [0.1, 0.15) is 0 Å². The molecule has 0 bridgehead atoms. The van der Waals surface area contributed by atoms with Gasteiger partial charge in [0.05, 0.1) is 0 Å². The van der Waals surface area contributed by atoms with E-state index in [0.717, 1.165) is 44.5 Å². The van der Waals surface area contributed by atoms with Gasteiger partial charge in [-0.15, -0.1) is 0 Å². The van der Waals surface area contributed by atoms with Gasteiger partial charge >= 0.3 is 6.03 Å². The molecule has 0 radical (unpaired) electrons. The fourth-order valence-electron chi connectivity index (χ4n) is 3.08. The fraction of sp³-hybridized carbons (Fsp3) is 0.579. The van der Waals surface area contributed by atoms with Crippen molar-refractivity contribution in [3.05, 3.63) is 30.3 Å². The second kappa shape index (κ2) is 9.30. The van der Waals surface area contributed by atoms with E-state index in [9.17, 15) is 9.59 Å². The van der Waals surface area contributed by atoms with Gasteiger partial charge in [-0.1, -0.05) is 31.5 Å². The highest BCUT2D eigenvalue weighted by Crippen LogP contribution is 2.21. The lowest BCUT2D eigenvalue weighted by Gasteiger charge is -2.34. The Morgan fingerprint density at radius 2 is 1.83 bits per heavy atom. The summed E-state index contributed by atoms with van der Waals surface area (Å²) in [5, 5.41) is 2.91. The van der Waals surface area contributed by atoms with Crippen molar-refractivity contribution in [1.82, 2.24) is 9.80 Å². The number of carbonyl (C=O) groups is 2. The average molecular weight is 331 g/mol. The van der Waals surface area contributed by atoms with E-state index in [1.165, 1.54) is 0 Å². The maximum Gasteiger partial charge on any atom is 0.321 e. The van der Waals surface area contributed by atoms with Crippen LogP contribution >= 0.6 is 0 Å². The number of rotatable bonds is 6. The van der Waals surface area contributed by atoms with Crippen LogP contribution in [-0.4, -0.2) is 47.9 Å². The Bertz CT molecular complexity index is 525. The molecular weight excluding hydrogens is 302 g/mol. The molecular formula is C19H29N3O2. The van der Waals surface area contributed by atoms with Crippen LogP contribution in [0.2, 0.25) is 0 Å². The Morgan fingerprint density at radius 1 is 1.17 bits per heavy atom. The monoisotopic (exact) mass is 331 g/mol. The average Bonchev–Trinajstić information content (AvgIpc) is 2.63. The minimum atomic E-state index is -0.0783. The summed E-state index contributed by atoms with van der Waals surface area (Å²) in [6.45, 7) is 7.08. The van der Waals surface area contributed by atoms with Crippen molar-refractivity contribution < 1.29 is 9.59 Å². The number of hydrogen-bond donors (Lipinski definition) is 1. The third kappa shape index (κ3) is 4.98. The van der Waals surface area contributed by atoms with Crippen LogP contribution in [0.25, 0.3) is 0 Å². The molecule has 1 heterocycles. The molecule has 0 unspecified atom stereocenters. The smallest absolute Gasteiger partial charge is 0.321 e. The van der Waals surface area contributed by atoms with E-state index in [1.807, 2.05) is 42.2 Å². The molecule has 1 saturated heterocycles. The molecule has 1 aromatic carbocycles. The van der Waals surface area contributed by atoms with Gasteiger partial charge in [0.15, 0.2) is 0 Å². The van der Waals surface area contributed by atoms with Gasteiger partial charge in [-0.05, 0) is 38.3 Å². The first-order valence-corrected chi connectivity index (χ1v) is 9.05. The molecule has 0 spiro atoms. The molecule has 5 nitrogen and oxygen atoms in total. The standard InChI is InChI=1S/C19H29N3O2/c1-3-5-13-21(4-2)18(23)16-11-14-22(15-12-16)19(24)20-17-9-7-6-8-10-17/h6-10,16H,3-5,11-15H2,1-2H3,(H,20,24).